The van der Waals surface area contributed by atoms with Crippen molar-refractivity contribution in [2.45, 2.75) is 18.9 Å². The van der Waals surface area contributed by atoms with Crippen molar-refractivity contribution in [1.82, 2.24) is 0 Å². The quantitative estimate of drug-likeness (QED) is 0.614. The van der Waals surface area contributed by atoms with E-state index < -0.39 is 0 Å². The van der Waals surface area contributed by atoms with Gasteiger partial charge in [-0.25, -0.2) is 4.79 Å². The molecular formula is C13H18NO3+. The number of furan rings is 1. The summed E-state index contributed by atoms with van der Waals surface area (Å²) >= 11 is 0. The lowest BCUT2D eigenvalue weighted by Gasteiger charge is -2.26. The minimum atomic E-state index is -0.291. The first-order valence-electron chi connectivity index (χ1n) is 5.97. The van der Waals surface area contributed by atoms with Crippen LogP contribution in [0.25, 0.3) is 6.08 Å². The lowest BCUT2D eigenvalue weighted by atomic mass is 10.1. The number of ether oxygens (including phenoxy) is 1. The predicted molar refractivity (Wildman–Crippen MR) is 63.5 cm³/mol. The monoisotopic (exact) mass is 236 g/mol. The zero-order chi connectivity index (χ0) is 12.1. The van der Waals surface area contributed by atoms with Crippen LogP contribution in [0.3, 0.4) is 0 Å². The van der Waals surface area contributed by atoms with Gasteiger partial charge in [0.2, 0.25) is 0 Å². The lowest BCUT2D eigenvalue weighted by molar-refractivity contribution is -0.888. The maximum atomic E-state index is 11.6. The van der Waals surface area contributed by atoms with E-state index in [1.807, 2.05) is 0 Å². The first kappa shape index (κ1) is 11.9. The number of carbonyl (C=O) groups excluding carboxylic acids is 1. The highest BCUT2D eigenvalue weighted by Crippen LogP contribution is 2.06. The van der Waals surface area contributed by atoms with Crippen LogP contribution < -0.4 is 4.90 Å². The van der Waals surface area contributed by atoms with Crippen molar-refractivity contribution in [1.29, 1.82) is 0 Å². The molecule has 4 heteroatoms. The van der Waals surface area contributed by atoms with E-state index in [2.05, 4.69) is 7.05 Å². The molecule has 0 aromatic carbocycles. The van der Waals surface area contributed by atoms with Crippen LogP contribution in [0.1, 0.15) is 18.6 Å². The largest absolute Gasteiger partial charge is 0.465 e. The van der Waals surface area contributed by atoms with Crippen molar-refractivity contribution in [3.63, 3.8) is 0 Å². The predicted octanol–water partition coefficient (Wildman–Crippen LogP) is 0.513. The molecule has 0 amide bonds. The molecule has 0 radical (unpaired) electrons. The fourth-order valence-corrected chi connectivity index (χ4v) is 2.06. The van der Waals surface area contributed by atoms with Crippen LogP contribution in [0.2, 0.25) is 0 Å². The molecule has 0 saturated carbocycles. The van der Waals surface area contributed by atoms with Crippen LogP contribution in [0.5, 0.6) is 0 Å². The third-order valence-electron chi connectivity index (χ3n) is 2.92. The van der Waals surface area contributed by atoms with Crippen molar-refractivity contribution >= 4 is 12.0 Å². The smallest absolute Gasteiger partial charge is 0.331 e. The molecular weight excluding hydrogens is 218 g/mol. The zero-order valence-electron chi connectivity index (χ0n) is 10.0. The van der Waals surface area contributed by atoms with E-state index in [4.69, 9.17) is 9.15 Å². The molecule has 1 aromatic rings. The van der Waals surface area contributed by atoms with Crippen LogP contribution in [-0.4, -0.2) is 32.2 Å². The molecule has 1 aliphatic heterocycles. The second-order valence-corrected chi connectivity index (χ2v) is 4.46. The van der Waals surface area contributed by atoms with Crippen LogP contribution in [0.4, 0.5) is 0 Å². The molecule has 2 heterocycles. The van der Waals surface area contributed by atoms with Gasteiger partial charge in [-0.1, -0.05) is 0 Å². The zero-order valence-corrected chi connectivity index (χ0v) is 10.0. The molecule has 1 aliphatic rings. The van der Waals surface area contributed by atoms with E-state index in [1.165, 1.54) is 11.0 Å². The standard InChI is InChI=1S/C13H17NO3/c1-14-8-2-4-12(10-14)17-13(15)7-6-11-5-3-9-16-11/h3,5-7,9,12H,2,4,8,10H2,1H3/p+1. The van der Waals surface area contributed by atoms with E-state index in [-0.39, 0.29) is 12.1 Å². The Hall–Kier alpha value is -1.55. The molecule has 2 unspecified atom stereocenters. The normalized spacial score (nSPS) is 25.0. The molecule has 0 bridgehead atoms. The first-order chi connectivity index (χ1) is 8.24. The molecule has 1 aromatic heterocycles. The van der Waals surface area contributed by atoms with Crippen molar-refractivity contribution < 1.29 is 18.8 Å². The number of quaternary nitrogens is 1. The van der Waals surface area contributed by atoms with E-state index in [0.29, 0.717) is 5.76 Å². The van der Waals surface area contributed by atoms with E-state index >= 15 is 0 Å². The van der Waals surface area contributed by atoms with Gasteiger partial charge in [0, 0.05) is 12.5 Å². The van der Waals surface area contributed by atoms with Crippen LogP contribution >= 0.6 is 0 Å². The second-order valence-electron chi connectivity index (χ2n) is 4.46. The Labute approximate surface area is 101 Å². The minimum absolute atomic E-state index is 0.0532. The summed E-state index contributed by atoms with van der Waals surface area (Å²) < 4.78 is 10.5. The summed E-state index contributed by atoms with van der Waals surface area (Å²) in [6, 6.07) is 3.58. The molecule has 17 heavy (non-hydrogen) atoms. The van der Waals surface area contributed by atoms with Gasteiger partial charge in [0.05, 0.1) is 19.9 Å². The van der Waals surface area contributed by atoms with Gasteiger partial charge in [0.1, 0.15) is 12.3 Å². The van der Waals surface area contributed by atoms with Gasteiger partial charge in [0.15, 0.2) is 6.10 Å². The molecule has 2 atom stereocenters. The molecule has 92 valence electrons. The number of esters is 1. The average molecular weight is 236 g/mol. The van der Waals surface area contributed by atoms with Gasteiger partial charge in [-0.2, -0.15) is 0 Å². The number of rotatable bonds is 3. The summed E-state index contributed by atoms with van der Waals surface area (Å²) in [5.41, 5.74) is 0. The maximum Gasteiger partial charge on any atom is 0.331 e. The summed E-state index contributed by atoms with van der Waals surface area (Å²) in [5.74, 6) is 0.370. The first-order valence-corrected chi connectivity index (χ1v) is 5.97. The van der Waals surface area contributed by atoms with Crippen molar-refractivity contribution in [3.8, 4) is 0 Å². The van der Waals surface area contributed by atoms with Gasteiger partial charge in [0.25, 0.3) is 0 Å². The average Bonchev–Trinajstić information content (AvgIpc) is 2.79. The molecule has 2 rings (SSSR count). The summed E-state index contributed by atoms with van der Waals surface area (Å²) in [4.78, 5) is 13.0. The highest BCUT2D eigenvalue weighted by molar-refractivity contribution is 5.86. The summed E-state index contributed by atoms with van der Waals surface area (Å²) in [7, 11) is 2.12. The molecule has 1 N–H and O–H groups in total. The van der Waals surface area contributed by atoms with Crippen molar-refractivity contribution in [2.24, 2.45) is 0 Å². The Morgan fingerprint density at radius 1 is 1.65 bits per heavy atom. The third kappa shape index (κ3) is 3.75. The number of likely N-dealkylation sites (N-methyl/N-ethyl adjacent to an activating group) is 1. The van der Waals surface area contributed by atoms with E-state index in [0.717, 1.165) is 25.9 Å². The summed E-state index contributed by atoms with van der Waals surface area (Å²) in [6.07, 6.45) is 6.76. The van der Waals surface area contributed by atoms with Crippen LogP contribution in [-0.2, 0) is 9.53 Å². The Bertz CT molecular complexity index is 383. The SMILES string of the molecule is C[NH+]1CCCC(OC(=O)C=Cc2ccco2)C1. The lowest BCUT2D eigenvalue weighted by Crippen LogP contribution is -3.11. The second kappa shape index (κ2) is 5.68. The maximum absolute atomic E-state index is 11.6. The molecule has 1 fully saturated rings. The minimum Gasteiger partial charge on any atom is -0.465 e. The van der Waals surface area contributed by atoms with Gasteiger partial charge in [-0.05, 0) is 24.6 Å². The molecule has 1 saturated heterocycles. The third-order valence-corrected chi connectivity index (χ3v) is 2.92. The van der Waals surface area contributed by atoms with E-state index in [9.17, 15) is 4.79 Å². The Kier molecular flexibility index (Phi) is 3.98. The van der Waals surface area contributed by atoms with Gasteiger partial charge >= 0.3 is 5.97 Å². The van der Waals surface area contributed by atoms with Crippen molar-refractivity contribution in [2.75, 3.05) is 20.1 Å². The van der Waals surface area contributed by atoms with Crippen LogP contribution in [0, 0.1) is 0 Å². The molecule has 4 nitrogen and oxygen atoms in total. The number of carbonyl (C=O) groups is 1. The topological polar surface area (TPSA) is 43.9 Å². The van der Waals surface area contributed by atoms with E-state index in [1.54, 1.807) is 24.5 Å². The number of nitrogens with one attached hydrogen (secondary N) is 1. The highest BCUT2D eigenvalue weighted by Gasteiger charge is 2.22. The van der Waals surface area contributed by atoms with Gasteiger partial charge < -0.3 is 14.1 Å². The summed E-state index contributed by atoms with van der Waals surface area (Å²) in [5, 5.41) is 0. The van der Waals surface area contributed by atoms with Gasteiger partial charge in [-0.3, -0.25) is 0 Å². The number of likely N-dealkylation sites (tertiary alicyclic amines) is 1. The van der Waals surface area contributed by atoms with Crippen LogP contribution in [0.15, 0.2) is 28.9 Å². The number of hydrogen-bond acceptors (Lipinski definition) is 3. The van der Waals surface area contributed by atoms with Gasteiger partial charge in [-0.15, -0.1) is 0 Å². The number of hydrogen-bond donors (Lipinski definition) is 1. The highest BCUT2D eigenvalue weighted by atomic mass is 16.5. The fourth-order valence-electron chi connectivity index (χ4n) is 2.06. The molecule has 0 spiro atoms. The summed E-state index contributed by atoms with van der Waals surface area (Å²) in [6.45, 7) is 2.07. The Balaban J connectivity index is 1.80. The van der Waals surface area contributed by atoms with Crippen molar-refractivity contribution in [3.05, 3.63) is 30.2 Å². The fraction of sp³-hybridized carbons (Fsp3) is 0.462. The Morgan fingerprint density at radius 3 is 3.24 bits per heavy atom. The molecule has 0 aliphatic carbocycles. The Morgan fingerprint density at radius 2 is 2.53 bits per heavy atom. The number of piperidine rings is 1.